The largest absolute Gasteiger partial charge is 0.460 e. The highest BCUT2D eigenvalue weighted by Crippen LogP contribution is 2.64. The third kappa shape index (κ3) is 4.99. The summed E-state index contributed by atoms with van der Waals surface area (Å²) in [5, 5.41) is 0. The van der Waals surface area contributed by atoms with E-state index in [1.165, 1.54) is 6.92 Å². The molecule has 0 spiro atoms. The Labute approximate surface area is 184 Å². The van der Waals surface area contributed by atoms with E-state index in [1.807, 2.05) is 0 Å². The number of likely N-dealkylation sites (N-methyl/N-ethyl adjacent to an activating group) is 1. The van der Waals surface area contributed by atoms with Gasteiger partial charge in [-0.2, -0.15) is 74.6 Å². The molecule has 0 radical (unpaired) electrons. The summed E-state index contributed by atoms with van der Waals surface area (Å²) in [5.41, 5.74) is 0. The number of carbonyl (C=O) groups is 1. The van der Waals surface area contributed by atoms with Crippen LogP contribution in [0.1, 0.15) is 19.8 Å². The molecule has 0 rings (SSSR count). The molecule has 208 valence electrons. The molecule has 0 aromatic carbocycles. The van der Waals surface area contributed by atoms with Gasteiger partial charge < -0.3 is 4.90 Å². The van der Waals surface area contributed by atoms with Gasteiger partial charge in [-0.15, -0.1) is 0 Å². The highest BCUT2D eigenvalue weighted by Gasteiger charge is 2.95. The summed E-state index contributed by atoms with van der Waals surface area (Å²) in [6.45, 7) is 2.91. The van der Waals surface area contributed by atoms with Crippen LogP contribution >= 0.6 is 0 Å². The third-order valence-electron chi connectivity index (χ3n) is 4.57. The first-order valence-corrected chi connectivity index (χ1v) is 8.78. The molecule has 0 saturated carbocycles. The molecule has 19 heteroatoms. The molecule has 0 aliphatic rings. The van der Waals surface area contributed by atoms with Crippen molar-refractivity contribution < 1.29 is 79.4 Å². The Hall–Kier alpha value is -1.98. The van der Waals surface area contributed by atoms with E-state index >= 15 is 0 Å². The normalized spacial score (nSPS) is 15.3. The van der Waals surface area contributed by atoms with Crippen molar-refractivity contribution in [3.05, 3.63) is 12.7 Å². The van der Waals surface area contributed by atoms with Gasteiger partial charge in [0.05, 0.1) is 0 Å². The zero-order chi connectivity index (χ0) is 28.7. The molecular formula is C16H14F17NO. The highest BCUT2D eigenvalue weighted by atomic mass is 19.4. The number of hydrogen-bond donors (Lipinski definition) is 0. The first-order chi connectivity index (χ1) is 15.2. The average Bonchev–Trinajstić information content (AvgIpc) is 2.68. The molecule has 2 nitrogen and oxygen atoms in total. The highest BCUT2D eigenvalue weighted by molar-refractivity contribution is 5.86. The third-order valence-corrected chi connectivity index (χ3v) is 4.57. The maximum atomic E-state index is 13.7. The van der Waals surface area contributed by atoms with Crippen LogP contribution in [0.3, 0.4) is 0 Å². The van der Waals surface area contributed by atoms with Crippen molar-refractivity contribution in [3.8, 4) is 0 Å². The van der Waals surface area contributed by atoms with Crippen LogP contribution in [0.2, 0.25) is 0 Å². The van der Waals surface area contributed by atoms with Crippen molar-refractivity contribution in [1.82, 2.24) is 4.90 Å². The second kappa shape index (κ2) is 9.48. The van der Waals surface area contributed by atoms with Crippen LogP contribution in [-0.2, 0) is 4.79 Å². The molecule has 0 heterocycles. The summed E-state index contributed by atoms with van der Waals surface area (Å²) in [6.07, 6.45) is -11.2. The molecule has 0 fully saturated rings. The first-order valence-electron chi connectivity index (χ1n) is 8.78. The molecule has 0 saturated heterocycles. The van der Waals surface area contributed by atoms with Crippen molar-refractivity contribution >= 4 is 5.91 Å². The molecule has 0 aliphatic carbocycles. The Morgan fingerprint density at radius 2 is 1.00 bits per heavy atom. The number of rotatable bonds is 12. The Kier molecular flexibility index (Phi) is 8.94. The molecule has 0 bridgehead atoms. The van der Waals surface area contributed by atoms with E-state index in [-0.39, 0.29) is 6.54 Å². The lowest BCUT2D eigenvalue weighted by molar-refractivity contribution is -0.461. The van der Waals surface area contributed by atoms with E-state index in [0.717, 1.165) is 0 Å². The monoisotopic (exact) mass is 559 g/mol. The van der Waals surface area contributed by atoms with Crippen LogP contribution in [0.25, 0.3) is 0 Å². The minimum Gasteiger partial charge on any atom is -0.339 e. The van der Waals surface area contributed by atoms with Crippen LogP contribution < -0.4 is 0 Å². The summed E-state index contributed by atoms with van der Waals surface area (Å²) in [5.74, 6) is -57.4. The fourth-order valence-electron chi connectivity index (χ4n) is 2.40. The maximum Gasteiger partial charge on any atom is 0.460 e. The second-order valence-electron chi connectivity index (χ2n) is 6.87. The zero-order valence-corrected chi connectivity index (χ0v) is 16.9. The van der Waals surface area contributed by atoms with Gasteiger partial charge in [-0.3, -0.25) is 4.79 Å². The smallest absolute Gasteiger partial charge is 0.339 e. The van der Waals surface area contributed by atoms with Crippen LogP contribution in [-0.4, -0.2) is 71.5 Å². The summed E-state index contributed by atoms with van der Waals surface area (Å²) in [6, 6.07) is 0. The van der Waals surface area contributed by atoms with E-state index in [9.17, 15) is 79.4 Å². The minimum atomic E-state index is -8.64. The van der Waals surface area contributed by atoms with Gasteiger partial charge in [0.1, 0.15) is 0 Å². The predicted molar refractivity (Wildman–Crippen MR) is 82.4 cm³/mol. The lowest BCUT2D eigenvalue weighted by Gasteiger charge is -2.42. The molecule has 0 N–H and O–H groups in total. The summed E-state index contributed by atoms with van der Waals surface area (Å²) >= 11 is 0. The number of hydrogen-bond acceptors (Lipinski definition) is 1. The van der Waals surface area contributed by atoms with Crippen molar-refractivity contribution in [2.75, 3.05) is 13.1 Å². The zero-order valence-electron chi connectivity index (χ0n) is 16.9. The van der Waals surface area contributed by atoms with E-state index in [4.69, 9.17) is 0 Å². The summed E-state index contributed by atoms with van der Waals surface area (Å²) < 4.78 is 223. The van der Waals surface area contributed by atoms with Crippen molar-refractivity contribution in [2.24, 2.45) is 0 Å². The fourth-order valence-corrected chi connectivity index (χ4v) is 2.40. The van der Waals surface area contributed by atoms with Gasteiger partial charge in [-0.05, 0) is 19.4 Å². The fraction of sp³-hybridized carbons (Fsp3) is 0.812. The maximum absolute atomic E-state index is 13.7. The molecule has 0 aromatic rings. The summed E-state index contributed by atoms with van der Waals surface area (Å²) in [7, 11) is 0. The van der Waals surface area contributed by atoms with E-state index < -0.39 is 72.9 Å². The van der Waals surface area contributed by atoms with E-state index in [2.05, 4.69) is 6.58 Å². The van der Waals surface area contributed by atoms with Crippen molar-refractivity contribution in [1.29, 1.82) is 0 Å². The molecule has 0 aromatic heterocycles. The Balaban J connectivity index is 6.30. The molecular weight excluding hydrogens is 545 g/mol. The van der Waals surface area contributed by atoms with Gasteiger partial charge in [-0.1, -0.05) is 6.58 Å². The Morgan fingerprint density at radius 3 is 1.31 bits per heavy atom. The van der Waals surface area contributed by atoms with Gasteiger partial charge in [0.2, 0.25) is 5.91 Å². The number of halogens is 17. The van der Waals surface area contributed by atoms with Gasteiger partial charge in [-0.25, -0.2) is 0 Å². The van der Waals surface area contributed by atoms with Gasteiger partial charge in [0.15, 0.2) is 0 Å². The Bertz CT molecular complexity index is 771. The number of nitrogens with zero attached hydrogens (tertiary/aromatic N) is 1. The Morgan fingerprint density at radius 1 is 0.657 bits per heavy atom. The minimum absolute atomic E-state index is 0.310. The standard InChI is InChI=1S/C16H14F17NO/c1-3-8(35)34(4-2)7-5-6-9(17,18)10(19,20)11(21,22)12(23,24)13(25,26)14(27,28)15(29,30)16(31,32)33/h3H,1,4-7H2,2H3. The topological polar surface area (TPSA) is 20.3 Å². The second-order valence-corrected chi connectivity index (χ2v) is 6.87. The van der Waals surface area contributed by atoms with Crippen molar-refractivity contribution in [2.45, 2.75) is 67.4 Å². The number of alkyl halides is 17. The quantitative estimate of drug-likeness (QED) is 0.190. The predicted octanol–water partition coefficient (Wildman–Crippen LogP) is 6.81. The van der Waals surface area contributed by atoms with Gasteiger partial charge >= 0.3 is 47.6 Å². The van der Waals surface area contributed by atoms with Crippen molar-refractivity contribution in [3.63, 3.8) is 0 Å². The van der Waals surface area contributed by atoms with Gasteiger partial charge in [0, 0.05) is 19.5 Å². The molecule has 35 heavy (non-hydrogen) atoms. The lowest BCUT2D eigenvalue weighted by Crippen LogP contribution is -2.74. The molecule has 0 aliphatic heterocycles. The molecule has 0 unspecified atom stereocenters. The van der Waals surface area contributed by atoms with Crippen LogP contribution in [0.4, 0.5) is 74.6 Å². The van der Waals surface area contributed by atoms with Crippen LogP contribution in [0.15, 0.2) is 12.7 Å². The molecule has 0 atom stereocenters. The van der Waals surface area contributed by atoms with Gasteiger partial charge in [0.25, 0.3) is 0 Å². The lowest BCUT2D eigenvalue weighted by atomic mass is 9.88. The molecule has 1 amide bonds. The summed E-state index contributed by atoms with van der Waals surface area (Å²) in [4.78, 5) is 11.9. The van der Waals surface area contributed by atoms with E-state index in [1.54, 1.807) is 0 Å². The van der Waals surface area contributed by atoms with Crippen LogP contribution in [0, 0.1) is 0 Å². The average molecular weight is 559 g/mol. The first kappa shape index (κ1) is 33.0. The SMILES string of the molecule is C=CC(=O)N(CC)CCCC(F)(F)C(F)(F)C(F)(F)C(F)(F)C(F)(F)C(F)(F)C(F)(F)C(F)(F)F. The number of carbonyl (C=O) groups excluding carboxylic acids is 1. The number of amides is 1. The van der Waals surface area contributed by atoms with Crippen LogP contribution in [0.5, 0.6) is 0 Å². The van der Waals surface area contributed by atoms with E-state index in [0.29, 0.717) is 11.0 Å².